The summed E-state index contributed by atoms with van der Waals surface area (Å²) < 4.78 is 2.65. The van der Waals surface area contributed by atoms with E-state index in [0.717, 1.165) is 32.6 Å². The van der Waals surface area contributed by atoms with Crippen LogP contribution < -0.4 is 5.73 Å². The standard InChI is InChI=1S/C11H11BrN6/c1-5-9(6(2)17-16-5)8-3-7(12)10-11(13)14-4-15-18(8)10/h3-4H,1-2H3,(H,16,17)(H2,13,14,15). The van der Waals surface area contributed by atoms with Crippen molar-refractivity contribution >= 4 is 27.3 Å². The van der Waals surface area contributed by atoms with Gasteiger partial charge >= 0.3 is 0 Å². The second kappa shape index (κ2) is 3.81. The van der Waals surface area contributed by atoms with Crippen molar-refractivity contribution in [3.05, 3.63) is 28.3 Å². The van der Waals surface area contributed by atoms with E-state index in [9.17, 15) is 0 Å². The topological polar surface area (TPSA) is 84.9 Å². The molecule has 0 amide bonds. The Morgan fingerprint density at radius 2 is 2.17 bits per heavy atom. The van der Waals surface area contributed by atoms with Gasteiger partial charge in [0.05, 0.1) is 11.4 Å². The highest BCUT2D eigenvalue weighted by molar-refractivity contribution is 9.10. The van der Waals surface area contributed by atoms with Crippen molar-refractivity contribution in [2.75, 3.05) is 5.73 Å². The molecule has 92 valence electrons. The van der Waals surface area contributed by atoms with Crippen LogP contribution in [0.25, 0.3) is 16.8 Å². The molecular weight excluding hydrogens is 296 g/mol. The van der Waals surface area contributed by atoms with Crippen molar-refractivity contribution in [2.45, 2.75) is 13.8 Å². The fourth-order valence-corrected chi connectivity index (χ4v) is 2.72. The predicted octanol–water partition coefficient (Wildman–Crippen LogP) is 2.08. The highest BCUT2D eigenvalue weighted by atomic mass is 79.9. The molecule has 0 radical (unpaired) electrons. The third-order valence-electron chi connectivity index (χ3n) is 2.92. The number of nitrogen functional groups attached to an aromatic ring is 1. The molecular formula is C11H11BrN6. The Morgan fingerprint density at radius 1 is 1.39 bits per heavy atom. The van der Waals surface area contributed by atoms with Crippen molar-refractivity contribution in [1.82, 2.24) is 24.8 Å². The third kappa shape index (κ3) is 1.43. The van der Waals surface area contributed by atoms with E-state index < -0.39 is 0 Å². The first-order chi connectivity index (χ1) is 8.59. The molecule has 0 aliphatic rings. The maximum Gasteiger partial charge on any atom is 0.152 e. The van der Waals surface area contributed by atoms with E-state index in [2.05, 4.69) is 36.2 Å². The molecule has 0 saturated heterocycles. The monoisotopic (exact) mass is 306 g/mol. The van der Waals surface area contributed by atoms with Gasteiger partial charge in [-0.3, -0.25) is 5.10 Å². The maximum atomic E-state index is 5.87. The van der Waals surface area contributed by atoms with Gasteiger partial charge in [-0.05, 0) is 35.8 Å². The minimum atomic E-state index is 0.446. The fraction of sp³-hybridized carbons (Fsp3) is 0.182. The van der Waals surface area contributed by atoms with Gasteiger partial charge in [-0.2, -0.15) is 10.2 Å². The molecule has 3 N–H and O–H groups in total. The molecule has 0 fully saturated rings. The lowest BCUT2D eigenvalue weighted by molar-refractivity contribution is 0.912. The number of halogens is 1. The average Bonchev–Trinajstić information content (AvgIpc) is 2.82. The van der Waals surface area contributed by atoms with E-state index in [1.807, 2.05) is 19.9 Å². The summed E-state index contributed by atoms with van der Waals surface area (Å²) in [5.41, 5.74) is 10.5. The van der Waals surface area contributed by atoms with Gasteiger partial charge in [0.15, 0.2) is 5.82 Å². The van der Waals surface area contributed by atoms with Crippen LogP contribution in [0.4, 0.5) is 5.82 Å². The van der Waals surface area contributed by atoms with Crippen LogP contribution in [0.5, 0.6) is 0 Å². The predicted molar refractivity (Wildman–Crippen MR) is 72.2 cm³/mol. The van der Waals surface area contributed by atoms with Crippen molar-refractivity contribution in [2.24, 2.45) is 0 Å². The number of rotatable bonds is 1. The number of nitrogens with zero attached hydrogens (tertiary/aromatic N) is 4. The second-order valence-corrected chi connectivity index (χ2v) is 4.95. The second-order valence-electron chi connectivity index (χ2n) is 4.09. The number of aromatic nitrogens is 5. The molecule has 3 rings (SSSR count). The quantitative estimate of drug-likeness (QED) is 0.721. The number of anilines is 1. The first kappa shape index (κ1) is 11.2. The smallest absolute Gasteiger partial charge is 0.152 e. The Kier molecular flexibility index (Phi) is 2.37. The van der Waals surface area contributed by atoms with Crippen LogP contribution in [-0.4, -0.2) is 24.8 Å². The normalized spacial score (nSPS) is 11.3. The first-order valence-corrected chi connectivity index (χ1v) is 6.18. The number of fused-ring (bicyclic) bond motifs is 1. The molecule has 0 bridgehead atoms. The van der Waals surface area contributed by atoms with E-state index in [1.165, 1.54) is 6.33 Å². The number of nitrogens with two attached hydrogens (primary N) is 1. The van der Waals surface area contributed by atoms with E-state index in [4.69, 9.17) is 5.73 Å². The molecule has 0 aliphatic carbocycles. The molecule has 18 heavy (non-hydrogen) atoms. The average molecular weight is 307 g/mol. The Bertz CT molecular complexity index is 722. The zero-order valence-corrected chi connectivity index (χ0v) is 11.5. The summed E-state index contributed by atoms with van der Waals surface area (Å²) in [4.78, 5) is 4.00. The molecule has 3 heterocycles. The maximum absolute atomic E-state index is 5.87. The van der Waals surface area contributed by atoms with E-state index in [1.54, 1.807) is 4.52 Å². The zero-order valence-electron chi connectivity index (χ0n) is 9.90. The van der Waals surface area contributed by atoms with Crippen LogP contribution in [0.2, 0.25) is 0 Å². The van der Waals surface area contributed by atoms with Crippen molar-refractivity contribution < 1.29 is 0 Å². The largest absolute Gasteiger partial charge is 0.382 e. The molecule has 3 aromatic rings. The third-order valence-corrected chi connectivity index (χ3v) is 3.52. The summed E-state index contributed by atoms with van der Waals surface area (Å²) in [5, 5.41) is 11.4. The molecule has 0 spiro atoms. The van der Waals surface area contributed by atoms with E-state index in [-0.39, 0.29) is 0 Å². The van der Waals surface area contributed by atoms with Gasteiger partial charge in [0.2, 0.25) is 0 Å². The van der Waals surface area contributed by atoms with Crippen LogP contribution in [0, 0.1) is 13.8 Å². The Balaban J connectivity index is 2.41. The van der Waals surface area contributed by atoms with Crippen molar-refractivity contribution in [3.63, 3.8) is 0 Å². The summed E-state index contributed by atoms with van der Waals surface area (Å²) in [6.07, 6.45) is 1.45. The molecule has 3 aromatic heterocycles. The summed E-state index contributed by atoms with van der Waals surface area (Å²) in [5.74, 6) is 0.446. The zero-order chi connectivity index (χ0) is 12.9. The van der Waals surface area contributed by atoms with Crippen LogP contribution in [0.3, 0.4) is 0 Å². The highest BCUT2D eigenvalue weighted by Gasteiger charge is 2.17. The minimum absolute atomic E-state index is 0.446. The highest BCUT2D eigenvalue weighted by Crippen LogP contribution is 2.33. The SMILES string of the molecule is Cc1n[nH]c(C)c1-c1cc(Br)c2c(N)ncnn12. The summed E-state index contributed by atoms with van der Waals surface area (Å²) >= 11 is 3.49. The van der Waals surface area contributed by atoms with Crippen LogP contribution in [0.1, 0.15) is 11.4 Å². The summed E-state index contributed by atoms with van der Waals surface area (Å²) in [6.45, 7) is 3.93. The van der Waals surface area contributed by atoms with Crippen LogP contribution in [0.15, 0.2) is 16.9 Å². The number of aryl methyl sites for hydroxylation is 2. The van der Waals surface area contributed by atoms with Gasteiger partial charge < -0.3 is 5.73 Å². The molecule has 7 heteroatoms. The van der Waals surface area contributed by atoms with Gasteiger partial charge in [-0.1, -0.05) is 0 Å². The Labute approximate surface area is 111 Å². The van der Waals surface area contributed by atoms with E-state index >= 15 is 0 Å². The van der Waals surface area contributed by atoms with Crippen molar-refractivity contribution in [1.29, 1.82) is 0 Å². The van der Waals surface area contributed by atoms with Gasteiger partial charge in [0.25, 0.3) is 0 Å². The number of hydrogen-bond acceptors (Lipinski definition) is 4. The Morgan fingerprint density at radius 3 is 2.83 bits per heavy atom. The molecule has 0 unspecified atom stereocenters. The van der Waals surface area contributed by atoms with Crippen LogP contribution >= 0.6 is 15.9 Å². The van der Waals surface area contributed by atoms with Gasteiger partial charge in [-0.25, -0.2) is 9.50 Å². The molecule has 0 atom stereocenters. The summed E-state index contributed by atoms with van der Waals surface area (Å²) in [6, 6.07) is 1.98. The minimum Gasteiger partial charge on any atom is -0.382 e. The fourth-order valence-electron chi connectivity index (χ4n) is 2.13. The number of aromatic amines is 1. The first-order valence-electron chi connectivity index (χ1n) is 5.39. The number of H-pyrrole nitrogens is 1. The summed E-state index contributed by atoms with van der Waals surface area (Å²) in [7, 11) is 0. The van der Waals surface area contributed by atoms with E-state index in [0.29, 0.717) is 5.82 Å². The van der Waals surface area contributed by atoms with Crippen LogP contribution in [-0.2, 0) is 0 Å². The van der Waals surface area contributed by atoms with Crippen molar-refractivity contribution in [3.8, 4) is 11.3 Å². The van der Waals surface area contributed by atoms with Gasteiger partial charge in [-0.15, -0.1) is 0 Å². The Hall–Kier alpha value is -1.89. The molecule has 0 aliphatic heterocycles. The lowest BCUT2D eigenvalue weighted by Gasteiger charge is -2.02. The molecule has 0 aromatic carbocycles. The lowest BCUT2D eigenvalue weighted by Crippen LogP contribution is -2.00. The van der Waals surface area contributed by atoms with Gasteiger partial charge in [0, 0.05) is 15.7 Å². The molecule has 6 nitrogen and oxygen atoms in total. The number of hydrogen-bond donors (Lipinski definition) is 2. The number of nitrogens with one attached hydrogen (secondary N) is 1. The molecule has 0 saturated carbocycles. The lowest BCUT2D eigenvalue weighted by atomic mass is 10.1. The van der Waals surface area contributed by atoms with Gasteiger partial charge in [0.1, 0.15) is 11.8 Å².